The summed E-state index contributed by atoms with van der Waals surface area (Å²) < 4.78 is 25.3. The molecule has 0 spiro atoms. The number of fused-ring (bicyclic) bond motifs is 1. The molecule has 2 aliphatic heterocycles. The Morgan fingerprint density at radius 3 is 2.34 bits per heavy atom. The van der Waals surface area contributed by atoms with Gasteiger partial charge >= 0.3 is 0 Å². The highest BCUT2D eigenvalue weighted by Gasteiger charge is 2.36. The number of benzene rings is 1. The van der Waals surface area contributed by atoms with Crippen molar-refractivity contribution < 1.29 is 22.8 Å². The molecule has 0 saturated carbocycles. The first-order valence-corrected chi connectivity index (χ1v) is 11.5. The van der Waals surface area contributed by atoms with Crippen molar-refractivity contribution in [3.8, 4) is 0 Å². The van der Waals surface area contributed by atoms with E-state index in [0.29, 0.717) is 43.6 Å². The third kappa shape index (κ3) is 4.35. The van der Waals surface area contributed by atoms with Gasteiger partial charge in [0.2, 0.25) is 10.0 Å². The third-order valence-electron chi connectivity index (χ3n) is 5.33. The summed E-state index contributed by atoms with van der Waals surface area (Å²) in [4.78, 5) is 38.9. The molecule has 1 aromatic carbocycles. The van der Waals surface area contributed by atoms with E-state index >= 15 is 0 Å². The number of piperidine rings is 1. The highest BCUT2D eigenvalue weighted by molar-refractivity contribution is 7.89. The smallest absolute Gasteiger partial charge is 0.261 e. The van der Waals surface area contributed by atoms with Crippen molar-refractivity contribution in [1.82, 2.24) is 14.5 Å². The van der Waals surface area contributed by atoms with E-state index in [1.54, 1.807) is 13.0 Å². The fourth-order valence-corrected chi connectivity index (χ4v) is 4.82. The Hall–Kier alpha value is -2.26. The van der Waals surface area contributed by atoms with E-state index in [1.165, 1.54) is 21.3 Å². The minimum Gasteiger partial charge on any atom is -0.349 e. The number of rotatable bonds is 6. The summed E-state index contributed by atoms with van der Waals surface area (Å²) in [6, 6.07) is 4.42. The zero-order valence-corrected chi connectivity index (χ0v) is 17.8. The molecule has 1 fully saturated rings. The fourth-order valence-electron chi connectivity index (χ4n) is 3.69. The summed E-state index contributed by atoms with van der Waals surface area (Å²) in [5, 5.41) is 2.92. The number of nitrogens with zero attached hydrogens (tertiary/aromatic N) is 2. The van der Waals surface area contributed by atoms with Crippen LogP contribution in [0, 0.1) is 5.92 Å². The van der Waals surface area contributed by atoms with Crippen LogP contribution in [0.25, 0.3) is 0 Å². The topological polar surface area (TPSA) is 104 Å². The van der Waals surface area contributed by atoms with Gasteiger partial charge in [-0.1, -0.05) is 13.8 Å². The number of amides is 3. The Morgan fingerprint density at radius 1 is 1.14 bits per heavy atom. The highest BCUT2D eigenvalue weighted by Crippen LogP contribution is 2.25. The van der Waals surface area contributed by atoms with Crippen molar-refractivity contribution in [3.05, 3.63) is 34.9 Å². The van der Waals surface area contributed by atoms with Crippen molar-refractivity contribution in [2.75, 3.05) is 25.4 Å². The predicted molar refractivity (Wildman–Crippen MR) is 108 cm³/mol. The van der Waals surface area contributed by atoms with Gasteiger partial charge in [0.1, 0.15) is 0 Å². The Bertz CT molecular complexity index is 933. The van der Waals surface area contributed by atoms with Crippen molar-refractivity contribution >= 4 is 27.7 Å². The van der Waals surface area contributed by atoms with Crippen LogP contribution < -0.4 is 5.32 Å². The first kappa shape index (κ1) is 21.4. The minimum absolute atomic E-state index is 0.0692. The second-order valence-corrected chi connectivity index (χ2v) is 10.2. The SMILES string of the molecule is CCS(=O)(=O)N1CCC(NC(=O)c2ccc3c(c2)C(=O)N(CC(C)C)C3=O)CC1. The van der Waals surface area contributed by atoms with Crippen LogP contribution >= 0.6 is 0 Å². The van der Waals surface area contributed by atoms with Gasteiger partial charge in [-0.3, -0.25) is 19.3 Å². The second-order valence-electron chi connectivity index (χ2n) is 7.92. The molecule has 0 aliphatic carbocycles. The largest absolute Gasteiger partial charge is 0.349 e. The molecule has 1 aromatic rings. The number of carbonyl (C=O) groups is 3. The van der Waals surface area contributed by atoms with Gasteiger partial charge in [-0.05, 0) is 43.9 Å². The number of hydrogen-bond acceptors (Lipinski definition) is 5. The van der Waals surface area contributed by atoms with Gasteiger partial charge in [-0.25, -0.2) is 12.7 Å². The Labute approximate surface area is 171 Å². The van der Waals surface area contributed by atoms with Gasteiger partial charge in [-0.2, -0.15) is 0 Å². The monoisotopic (exact) mass is 421 g/mol. The van der Waals surface area contributed by atoms with E-state index < -0.39 is 10.0 Å². The van der Waals surface area contributed by atoms with Gasteiger partial charge in [0.05, 0.1) is 16.9 Å². The molecule has 0 atom stereocenters. The fraction of sp³-hybridized carbons (Fsp3) is 0.550. The van der Waals surface area contributed by atoms with Crippen LogP contribution in [0.3, 0.4) is 0 Å². The summed E-state index contributed by atoms with van der Waals surface area (Å²) in [6.07, 6.45) is 1.07. The maximum absolute atomic E-state index is 12.6. The quantitative estimate of drug-likeness (QED) is 0.701. The van der Waals surface area contributed by atoms with Crippen LogP contribution in [0.1, 0.15) is 64.7 Å². The second kappa shape index (κ2) is 8.23. The molecule has 158 valence electrons. The summed E-state index contributed by atoms with van der Waals surface area (Å²) in [5.74, 6) is -0.796. The van der Waals surface area contributed by atoms with Gasteiger partial charge < -0.3 is 5.32 Å². The maximum Gasteiger partial charge on any atom is 0.261 e. The first-order valence-electron chi connectivity index (χ1n) is 9.93. The molecule has 1 N–H and O–H groups in total. The average molecular weight is 422 g/mol. The Kier molecular flexibility index (Phi) is 6.09. The molecule has 3 rings (SSSR count). The van der Waals surface area contributed by atoms with Gasteiger partial charge in [0.15, 0.2) is 0 Å². The van der Waals surface area contributed by atoms with Crippen LogP contribution in [0.4, 0.5) is 0 Å². The zero-order valence-electron chi connectivity index (χ0n) is 17.0. The van der Waals surface area contributed by atoms with E-state index in [4.69, 9.17) is 0 Å². The summed E-state index contributed by atoms with van der Waals surface area (Å²) in [6.45, 7) is 6.57. The van der Waals surface area contributed by atoms with E-state index in [1.807, 2.05) is 13.8 Å². The lowest BCUT2D eigenvalue weighted by Crippen LogP contribution is -2.46. The number of nitrogens with one attached hydrogen (secondary N) is 1. The molecular formula is C20H27N3O5S. The number of hydrogen-bond donors (Lipinski definition) is 1. The number of carbonyl (C=O) groups excluding carboxylic acids is 3. The van der Waals surface area contributed by atoms with E-state index in [2.05, 4.69) is 5.32 Å². The van der Waals surface area contributed by atoms with Crippen LogP contribution in [0.2, 0.25) is 0 Å². The van der Waals surface area contributed by atoms with Crippen LogP contribution in [0.15, 0.2) is 18.2 Å². The molecular weight excluding hydrogens is 394 g/mol. The van der Waals surface area contributed by atoms with Crippen molar-refractivity contribution in [2.24, 2.45) is 5.92 Å². The maximum atomic E-state index is 12.6. The first-order chi connectivity index (χ1) is 13.6. The Morgan fingerprint density at radius 2 is 1.76 bits per heavy atom. The van der Waals surface area contributed by atoms with Crippen molar-refractivity contribution in [1.29, 1.82) is 0 Å². The van der Waals surface area contributed by atoms with E-state index in [-0.39, 0.29) is 41.0 Å². The lowest BCUT2D eigenvalue weighted by molar-refractivity contribution is 0.0636. The van der Waals surface area contributed by atoms with Crippen LogP contribution in [-0.4, -0.2) is 66.8 Å². The predicted octanol–water partition coefficient (Wildman–Crippen LogP) is 1.48. The summed E-state index contributed by atoms with van der Waals surface area (Å²) >= 11 is 0. The molecule has 0 bridgehead atoms. The zero-order chi connectivity index (χ0) is 21.3. The summed E-state index contributed by atoms with van der Waals surface area (Å²) in [7, 11) is -3.21. The molecule has 0 unspecified atom stereocenters. The molecule has 3 amide bonds. The van der Waals surface area contributed by atoms with Gasteiger partial charge in [-0.15, -0.1) is 0 Å². The van der Waals surface area contributed by atoms with Crippen molar-refractivity contribution in [3.63, 3.8) is 0 Å². The van der Waals surface area contributed by atoms with Gasteiger partial charge in [0, 0.05) is 31.2 Å². The normalized spacial score (nSPS) is 18.4. The Balaban J connectivity index is 1.66. The average Bonchev–Trinajstić information content (AvgIpc) is 2.92. The molecule has 1 saturated heterocycles. The minimum atomic E-state index is -3.21. The molecule has 2 heterocycles. The highest BCUT2D eigenvalue weighted by atomic mass is 32.2. The van der Waals surface area contributed by atoms with Crippen LogP contribution in [-0.2, 0) is 10.0 Å². The lowest BCUT2D eigenvalue weighted by atomic mass is 10.0. The lowest BCUT2D eigenvalue weighted by Gasteiger charge is -2.31. The third-order valence-corrected chi connectivity index (χ3v) is 7.21. The molecule has 29 heavy (non-hydrogen) atoms. The van der Waals surface area contributed by atoms with Crippen LogP contribution in [0.5, 0.6) is 0 Å². The molecule has 0 aromatic heterocycles. The standard InChI is InChI=1S/C20H27N3O5S/c1-4-29(27,28)22-9-7-15(8-10-22)21-18(24)14-5-6-16-17(11-14)20(26)23(19(16)25)12-13(2)3/h5-6,11,13,15H,4,7-10,12H2,1-3H3,(H,21,24). The van der Waals surface area contributed by atoms with E-state index in [9.17, 15) is 22.8 Å². The molecule has 2 aliphatic rings. The summed E-state index contributed by atoms with van der Waals surface area (Å²) in [5.41, 5.74) is 0.900. The number of sulfonamides is 1. The molecule has 9 heteroatoms. The molecule has 8 nitrogen and oxygen atoms in total. The van der Waals surface area contributed by atoms with Crippen molar-refractivity contribution in [2.45, 2.75) is 39.7 Å². The van der Waals surface area contributed by atoms with E-state index in [0.717, 1.165) is 0 Å². The number of imide groups is 1. The van der Waals surface area contributed by atoms with Gasteiger partial charge in [0.25, 0.3) is 17.7 Å². The molecule has 0 radical (unpaired) electrons.